The van der Waals surface area contributed by atoms with Crippen molar-refractivity contribution in [2.75, 3.05) is 0 Å². The first-order valence-electron chi connectivity index (χ1n) is 2.18. The summed E-state index contributed by atoms with van der Waals surface area (Å²) in [4.78, 5) is 10.1. The molecule has 3 nitrogen and oxygen atoms in total. The van der Waals surface area contributed by atoms with Gasteiger partial charge >= 0.3 is 5.97 Å². The highest BCUT2D eigenvalue weighted by Crippen LogP contribution is 2.15. The Morgan fingerprint density at radius 2 is 2.43 bits per heavy atom. The second kappa shape index (κ2) is 1.20. The molecule has 1 rings (SSSR count). The van der Waals surface area contributed by atoms with Gasteiger partial charge < -0.3 is 4.74 Å². The molecule has 1 saturated heterocycles. The average molecular weight is 101 g/mol. The zero-order valence-corrected chi connectivity index (χ0v) is 4.05. The number of cyclic esters (lactones) is 1. The van der Waals surface area contributed by atoms with Crippen LogP contribution in [0.4, 0.5) is 0 Å². The first kappa shape index (κ1) is 4.59. The van der Waals surface area contributed by atoms with E-state index in [2.05, 4.69) is 4.74 Å². The molecule has 40 valence electrons. The van der Waals surface area contributed by atoms with Gasteiger partial charge in [0.05, 0.1) is 0 Å². The second-order valence-corrected chi connectivity index (χ2v) is 1.69. The number of esters is 1. The first-order valence-corrected chi connectivity index (χ1v) is 2.18. The SMILES string of the molecule is C[C@H]1C(=O)O[C@H]1N. The van der Waals surface area contributed by atoms with Crippen LogP contribution in [0.1, 0.15) is 6.92 Å². The minimum Gasteiger partial charge on any atom is -0.446 e. The smallest absolute Gasteiger partial charge is 0.315 e. The van der Waals surface area contributed by atoms with Gasteiger partial charge in [0.15, 0.2) is 6.23 Å². The van der Waals surface area contributed by atoms with Crippen LogP contribution in [-0.4, -0.2) is 12.2 Å². The van der Waals surface area contributed by atoms with Gasteiger partial charge in [-0.25, -0.2) is 0 Å². The van der Waals surface area contributed by atoms with Crippen LogP contribution in [0.25, 0.3) is 0 Å². The van der Waals surface area contributed by atoms with Crippen molar-refractivity contribution in [2.24, 2.45) is 11.7 Å². The fourth-order valence-electron chi connectivity index (χ4n) is 0.405. The summed E-state index contributed by atoms with van der Waals surface area (Å²) in [5.74, 6) is -0.271. The predicted molar refractivity (Wildman–Crippen MR) is 23.2 cm³/mol. The van der Waals surface area contributed by atoms with Crippen molar-refractivity contribution in [1.29, 1.82) is 0 Å². The Kier molecular flexibility index (Phi) is 0.785. The monoisotopic (exact) mass is 101 g/mol. The van der Waals surface area contributed by atoms with Gasteiger partial charge in [-0.2, -0.15) is 0 Å². The molecule has 0 aromatic heterocycles. The Balaban J connectivity index is 2.43. The lowest BCUT2D eigenvalue weighted by molar-refractivity contribution is -0.181. The Bertz CT molecular complexity index is 102. The van der Waals surface area contributed by atoms with Gasteiger partial charge in [-0.3, -0.25) is 10.5 Å². The van der Waals surface area contributed by atoms with E-state index >= 15 is 0 Å². The lowest BCUT2D eigenvalue weighted by Gasteiger charge is -2.28. The van der Waals surface area contributed by atoms with Crippen molar-refractivity contribution >= 4 is 5.97 Å². The fourth-order valence-corrected chi connectivity index (χ4v) is 0.405. The molecule has 1 fully saturated rings. The molecule has 2 N–H and O–H groups in total. The molecule has 7 heavy (non-hydrogen) atoms. The summed E-state index contributed by atoms with van der Waals surface area (Å²) in [6.45, 7) is 1.75. The number of hydrogen-bond acceptors (Lipinski definition) is 3. The summed E-state index contributed by atoms with van der Waals surface area (Å²) >= 11 is 0. The molecular weight excluding hydrogens is 94.0 g/mol. The molecule has 0 bridgehead atoms. The van der Waals surface area contributed by atoms with E-state index in [1.807, 2.05) is 0 Å². The second-order valence-electron chi connectivity index (χ2n) is 1.69. The lowest BCUT2D eigenvalue weighted by atomic mass is 10.1. The molecule has 1 aliphatic rings. The van der Waals surface area contributed by atoms with Gasteiger partial charge in [0.2, 0.25) is 0 Å². The minimum atomic E-state index is -0.340. The van der Waals surface area contributed by atoms with Crippen LogP contribution in [0, 0.1) is 5.92 Å². The molecule has 0 radical (unpaired) electrons. The quantitative estimate of drug-likeness (QED) is 0.417. The third-order valence-corrected chi connectivity index (χ3v) is 1.12. The summed E-state index contributed by atoms with van der Waals surface area (Å²) in [5, 5.41) is 0. The molecule has 0 aliphatic carbocycles. The number of nitrogens with two attached hydrogens (primary N) is 1. The predicted octanol–water partition coefficient (Wildman–Crippen LogP) is -0.536. The van der Waals surface area contributed by atoms with Crippen LogP contribution in [0.15, 0.2) is 0 Å². The largest absolute Gasteiger partial charge is 0.446 e. The Morgan fingerprint density at radius 1 is 1.86 bits per heavy atom. The van der Waals surface area contributed by atoms with Gasteiger partial charge in [-0.15, -0.1) is 0 Å². The number of carbonyl (C=O) groups is 1. The van der Waals surface area contributed by atoms with E-state index in [1.54, 1.807) is 6.92 Å². The van der Waals surface area contributed by atoms with Crippen LogP contribution in [0.3, 0.4) is 0 Å². The lowest BCUT2D eigenvalue weighted by Crippen LogP contribution is -2.49. The third-order valence-electron chi connectivity index (χ3n) is 1.12. The highest BCUT2D eigenvalue weighted by atomic mass is 16.6. The maximum atomic E-state index is 10.1. The van der Waals surface area contributed by atoms with Gasteiger partial charge in [-0.1, -0.05) is 0 Å². The van der Waals surface area contributed by atoms with Crippen molar-refractivity contribution in [3.05, 3.63) is 0 Å². The topological polar surface area (TPSA) is 52.3 Å². The van der Waals surface area contributed by atoms with Crippen molar-refractivity contribution in [1.82, 2.24) is 0 Å². The summed E-state index contributed by atoms with van der Waals surface area (Å²) in [6, 6.07) is 0. The van der Waals surface area contributed by atoms with E-state index in [1.165, 1.54) is 0 Å². The Hall–Kier alpha value is -0.570. The van der Waals surface area contributed by atoms with Crippen LogP contribution < -0.4 is 5.73 Å². The molecule has 1 aliphatic heterocycles. The van der Waals surface area contributed by atoms with Crippen molar-refractivity contribution < 1.29 is 9.53 Å². The van der Waals surface area contributed by atoms with Gasteiger partial charge in [-0.05, 0) is 6.92 Å². The molecule has 2 atom stereocenters. The van der Waals surface area contributed by atoms with Gasteiger partial charge in [0, 0.05) is 0 Å². The highest BCUT2D eigenvalue weighted by Gasteiger charge is 2.34. The summed E-state index contributed by atoms with van der Waals surface area (Å²) in [7, 11) is 0. The normalized spacial score (nSPS) is 39.4. The van der Waals surface area contributed by atoms with Crippen molar-refractivity contribution in [2.45, 2.75) is 13.2 Å². The van der Waals surface area contributed by atoms with Crippen LogP contribution in [0.2, 0.25) is 0 Å². The van der Waals surface area contributed by atoms with E-state index in [-0.39, 0.29) is 18.1 Å². The molecule has 0 aromatic rings. The maximum absolute atomic E-state index is 10.1. The van der Waals surface area contributed by atoms with E-state index in [0.717, 1.165) is 0 Å². The fraction of sp³-hybridized carbons (Fsp3) is 0.750. The Labute approximate surface area is 41.4 Å². The number of carbonyl (C=O) groups excluding carboxylic acids is 1. The van der Waals surface area contributed by atoms with Crippen molar-refractivity contribution in [3.8, 4) is 0 Å². The molecule has 0 saturated carbocycles. The summed E-state index contributed by atoms with van der Waals surface area (Å²) < 4.78 is 4.39. The van der Waals surface area contributed by atoms with Gasteiger partial charge in [0.25, 0.3) is 0 Å². The molecule has 3 heteroatoms. The molecule has 0 amide bonds. The molecule has 1 heterocycles. The number of ether oxygens (including phenoxy) is 1. The standard InChI is InChI=1S/C4H7NO2/c1-2-3(5)7-4(2)6/h2-3H,5H2,1H3/t2-,3-/m1/s1. The Morgan fingerprint density at radius 3 is 2.43 bits per heavy atom. The maximum Gasteiger partial charge on any atom is 0.315 e. The van der Waals surface area contributed by atoms with Crippen LogP contribution in [0.5, 0.6) is 0 Å². The van der Waals surface area contributed by atoms with E-state index < -0.39 is 0 Å². The van der Waals surface area contributed by atoms with E-state index in [0.29, 0.717) is 0 Å². The van der Waals surface area contributed by atoms with Crippen LogP contribution in [-0.2, 0) is 9.53 Å². The summed E-state index contributed by atoms with van der Waals surface area (Å²) in [6.07, 6.45) is -0.340. The number of rotatable bonds is 0. The highest BCUT2D eigenvalue weighted by molar-refractivity contribution is 5.77. The third kappa shape index (κ3) is 0.489. The van der Waals surface area contributed by atoms with Crippen LogP contribution >= 0.6 is 0 Å². The zero-order valence-electron chi connectivity index (χ0n) is 4.05. The van der Waals surface area contributed by atoms with Crippen molar-refractivity contribution in [3.63, 3.8) is 0 Å². The number of hydrogen-bond donors (Lipinski definition) is 1. The zero-order chi connectivity index (χ0) is 5.44. The first-order chi connectivity index (χ1) is 3.22. The average Bonchev–Trinajstić information content (AvgIpc) is 1.68. The molecule has 0 unspecified atom stereocenters. The molecular formula is C4H7NO2. The summed E-state index contributed by atoms with van der Waals surface area (Å²) in [5.41, 5.74) is 5.17. The van der Waals surface area contributed by atoms with E-state index in [4.69, 9.17) is 5.73 Å². The van der Waals surface area contributed by atoms with E-state index in [9.17, 15) is 4.79 Å². The molecule has 0 spiro atoms. The molecule has 0 aromatic carbocycles. The van der Waals surface area contributed by atoms with Gasteiger partial charge in [0.1, 0.15) is 5.92 Å². The minimum absolute atomic E-state index is 0.0833.